The van der Waals surface area contributed by atoms with Gasteiger partial charge in [-0.05, 0) is 67.1 Å². The van der Waals surface area contributed by atoms with Gasteiger partial charge in [-0.2, -0.15) is 0 Å². The number of nitrogens with zero attached hydrogens (tertiary/aromatic N) is 1. The SMILES string of the molecule is Cc1cc(I)ccc1NC(=O)CN1C[C@H](C)O[C@@H](C)C1. The summed E-state index contributed by atoms with van der Waals surface area (Å²) in [5, 5.41) is 2.99. The summed E-state index contributed by atoms with van der Waals surface area (Å²) in [6.45, 7) is 8.14. The molecule has 110 valence electrons. The fourth-order valence-electron chi connectivity index (χ4n) is 2.57. The molecule has 0 unspecified atom stereocenters. The van der Waals surface area contributed by atoms with Gasteiger partial charge in [0.1, 0.15) is 0 Å². The summed E-state index contributed by atoms with van der Waals surface area (Å²) in [5.74, 6) is 0.0376. The number of rotatable bonds is 3. The highest BCUT2D eigenvalue weighted by Crippen LogP contribution is 2.18. The number of morpholine rings is 1. The van der Waals surface area contributed by atoms with Gasteiger partial charge in [0, 0.05) is 22.3 Å². The molecule has 1 aliphatic rings. The van der Waals surface area contributed by atoms with Crippen LogP contribution in [-0.4, -0.2) is 42.6 Å². The van der Waals surface area contributed by atoms with Crippen LogP contribution >= 0.6 is 22.6 Å². The van der Waals surface area contributed by atoms with Crippen LogP contribution in [0.2, 0.25) is 0 Å². The van der Waals surface area contributed by atoms with Crippen molar-refractivity contribution >= 4 is 34.2 Å². The highest BCUT2D eigenvalue weighted by molar-refractivity contribution is 14.1. The Morgan fingerprint density at radius 1 is 1.40 bits per heavy atom. The standard InChI is InChI=1S/C15H21IN2O2/c1-10-6-13(16)4-5-14(10)17-15(19)9-18-7-11(2)20-12(3)8-18/h4-6,11-12H,7-9H2,1-3H3,(H,17,19)/t11-,12-/m0/s1. The molecule has 2 rings (SSSR count). The smallest absolute Gasteiger partial charge is 0.238 e. The Kier molecular flexibility index (Phi) is 5.40. The number of hydrogen-bond donors (Lipinski definition) is 1. The number of anilines is 1. The van der Waals surface area contributed by atoms with E-state index in [-0.39, 0.29) is 18.1 Å². The predicted molar refractivity (Wildman–Crippen MR) is 89.0 cm³/mol. The van der Waals surface area contributed by atoms with Crippen molar-refractivity contribution in [2.75, 3.05) is 25.0 Å². The Morgan fingerprint density at radius 3 is 2.65 bits per heavy atom. The molecular weight excluding hydrogens is 367 g/mol. The second-order valence-corrected chi connectivity index (χ2v) is 6.70. The average molecular weight is 388 g/mol. The third-order valence-corrected chi connectivity index (χ3v) is 4.00. The Morgan fingerprint density at radius 2 is 2.05 bits per heavy atom. The van der Waals surface area contributed by atoms with E-state index in [1.807, 2.05) is 32.9 Å². The average Bonchev–Trinajstić information content (AvgIpc) is 2.31. The Labute approximate surface area is 134 Å². The van der Waals surface area contributed by atoms with Crippen molar-refractivity contribution in [1.29, 1.82) is 0 Å². The van der Waals surface area contributed by atoms with Gasteiger partial charge in [0.15, 0.2) is 0 Å². The second kappa shape index (κ2) is 6.87. The third kappa shape index (κ3) is 4.43. The summed E-state index contributed by atoms with van der Waals surface area (Å²) in [6.07, 6.45) is 0.373. The molecular formula is C15H21IN2O2. The minimum absolute atomic E-state index is 0.0376. The summed E-state index contributed by atoms with van der Waals surface area (Å²) in [6, 6.07) is 6.02. The van der Waals surface area contributed by atoms with Gasteiger partial charge in [0.05, 0.1) is 18.8 Å². The largest absolute Gasteiger partial charge is 0.373 e. The number of benzene rings is 1. The minimum atomic E-state index is 0.0376. The molecule has 4 nitrogen and oxygen atoms in total. The number of carbonyl (C=O) groups is 1. The molecule has 1 aromatic rings. The van der Waals surface area contributed by atoms with E-state index in [2.05, 4.69) is 38.9 Å². The molecule has 1 aromatic carbocycles. The van der Waals surface area contributed by atoms with Crippen molar-refractivity contribution in [3.8, 4) is 0 Å². The van der Waals surface area contributed by atoms with Gasteiger partial charge in [0.25, 0.3) is 0 Å². The van der Waals surface area contributed by atoms with Crippen molar-refractivity contribution in [3.05, 3.63) is 27.3 Å². The molecule has 1 aliphatic heterocycles. The number of amides is 1. The first kappa shape index (κ1) is 15.7. The van der Waals surface area contributed by atoms with Gasteiger partial charge in [-0.3, -0.25) is 9.69 Å². The maximum Gasteiger partial charge on any atom is 0.238 e. The first-order valence-electron chi connectivity index (χ1n) is 6.88. The first-order chi connectivity index (χ1) is 9.44. The zero-order valence-electron chi connectivity index (χ0n) is 12.1. The zero-order valence-corrected chi connectivity index (χ0v) is 14.3. The maximum absolute atomic E-state index is 12.1. The van der Waals surface area contributed by atoms with Gasteiger partial charge in [-0.25, -0.2) is 0 Å². The van der Waals surface area contributed by atoms with E-state index >= 15 is 0 Å². The molecule has 1 saturated heterocycles. The number of aryl methyl sites for hydroxylation is 1. The van der Waals surface area contributed by atoms with Crippen LogP contribution in [0.5, 0.6) is 0 Å². The van der Waals surface area contributed by atoms with Crippen LogP contribution in [-0.2, 0) is 9.53 Å². The quantitative estimate of drug-likeness (QED) is 0.810. The molecule has 0 aromatic heterocycles. The van der Waals surface area contributed by atoms with Gasteiger partial charge in [0.2, 0.25) is 5.91 Å². The zero-order chi connectivity index (χ0) is 14.7. The van der Waals surface area contributed by atoms with Gasteiger partial charge < -0.3 is 10.1 Å². The number of nitrogens with one attached hydrogen (secondary N) is 1. The second-order valence-electron chi connectivity index (χ2n) is 5.46. The van der Waals surface area contributed by atoms with E-state index in [1.54, 1.807) is 0 Å². The fourth-order valence-corrected chi connectivity index (χ4v) is 3.22. The normalized spacial score (nSPS) is 23.6. The Hall–Kier alpha value is -0.660. The molecule has 1 N–H and O–H groups in total. The van der Waals surface area contributed by atoms with Crippen molar-refractivity contribution in [2.45, 2.75) is 33.0 Å². The molecule has 1 amide bonds. The molecule has 2 atom stereocenters. The molecule has 0 aliphatic carbocycles. The van der Waals surface area contributed by atoms with Crippen LogP contribution < -0.4 is 5.32 Å². The highest BCUT2D eigenvalue weighted by Gasteiger charge is 2.23. The number of ether oxygens (including phenoxy) is 1. The lowest BCUT2D eigenvalue weighted by atomic mass is 10.2. The van der Waals surface area contributed by atoms with E-state index in [0.29, 0.717) is 6.54 Å². The van der Waals surface area contributed by atoms with Crippen LogP contribution in [0.3, 0.4) is 0 Å². The first-order valence-corrected chi connectivity index (χ1v) is 7.95. The van der Waals surface area contributed by atoms with E-state index < -0.39 is 0 Å². The Bertz CT molecular complexity index is 483. The molecule has 0 radical (unpaired) electrons. The maximum atomic E-state index is 12.1. The lowest BCUT2D eigenvalue weighted by Gasteiger charge is -2.34. The monoisotopic (exact) mass is 388 g/mol. The highest BCUT2D eigenvalue weighted by atomic mass is 127. The van der Waals surface area contributed by atoms with Crippen LogP contribution in [0, 0.1) is 10.5 Å². The van der Waals surface area contributed by atoms with Crippen molar-refractivity contribution in [3.63, 3.8) is 0 Å². The van der Waals surface area contributed by atoms with Crippen molar-refractivity contribution < 1.29 is 9.53 Å². The molecule has 1 heterocycles. The predicted octanol–water partition coefficient (Wildman–Crippen LogP) is 2.65. The minimum Gasteiger partial charge on any atom is -0.373 e. The summed E-state index contributed by atoms with van der Waals surface area (Å²) in [7, 11) is 0. The van der Waals surface area contributed by atoms with E-state index in [4.69, 9.17) is 4.74 Å². The van der Waals surface area contributed by atoms with Crippen LogP contribution in [0.15, 0.2) is 18.2 Å². The van der Waals surface area contributed by atoms with Gasteiger partial charge in [-0.1, -0.05) is 0 Å². The van der Waals surface area contributed by atoms with Crippen molar-refractivity contribution in [1.82, 2.24) is 4.90 Å². The fraction of sp³-hybridized carbons (Fsp3) is 0.533. The molecule has 1 fully saturated rings. The third-order valence-electron chi connectivity index (χ3n) is 3.32. The van der Waals surface area contributed by atoms with Gasteiger partial charge >= 0.3 is 0 Å². The van der Waals surface area contributed by atoms with Crippen LogP contribution in [0.1, 0.15) is 19.4 Å². The van der Waals surface area contributed by atoms with E-state index in [0.717, 1.165) is 24.3 Å². The van der Waals surface area contributed by atoms with Gasteiger partial charge in [-0.15, -0.1) is 0 Å². The summed E-state index contributed by atoms with van der Waals surface area (Å²) in [4.78, 5) is 14.3. The number of carbonyl (C=O) groups excluding carboxylic acids is 1. The summed E-state index contributed by atoms with van der Waals surface area (Å²) >= 11 is 2.27. The molecule has 0 saturated carbocycles. The lowest BCUT2D eigenvalue weighted by molar-refractivity contribution is -0.121. The van der Waals surface area contributed by atoms with Crippen LogP contribution in [0.4, 0.5) is 5.69 Å². The number of hydrogen-bond acceptors (Lipinski definition) is 3. The van der Waals surface area contributed by atoms with Crippen LogP contribution in [0.25, 0.3) is 0 Å². The molecule has 5 heteroatoms. The topological polar surface area (TPSA) is 41.6 Å². The van der Waals surface area contributed by atoms with Crippen molar-refractivity contribution in [2.24, 2.45) is 0 Å². The molecule has 20 heavy (non-hydrogen) atoms. The molecule has 0 spiro atoms. The number of halogens is 1. The lowest BCUT2D eigenvalue weighted by Crippen LogP contribution is -2.48. The Balaban J connectivity index is 1.92. The molecule has 0 bridgehead atoms. The van der Waals surface area contributed by atoms with E-state index in [9.17, 15) is 4.79 Å². The summed E-state index contributed by atoms with van der Waals surface area (Å²) in [5.41, 5.74) is 1.98. The summed E-state index contributed by atoms with van der Waals surface area (Å²) < 4.78 is 6.85. The van der Waals surface area contributed by atoms with E-state index in [1.165, 1.54) is 3.57 Å².